The first-order chi connectivity index (χ1) is 9.91. The van der Waals surface area contributed by atoms with E-state index >= 15 is 0 Å². The highest BCUT2D eigenvalue weighted by Crippen LogP contribution is 2.29. The summed E-state index contributed by atoms with van der Waals surface area (Å²) in [4.78, 5) is 23.2. The highest BCUT2D eigenvalue weighted by atomic mass is 35.5. The molecule has 106 valence electrons. The molecule has 1 aliphatic rings. The molecule has 2 aromatic rings. The summed E-state index contributed by atoms with van der Waals surface area (Å²) in [6.07, 6.45) is 0. The summed E-state index contributed by atoms with van der Waals surface area (Å²) in [5, 5.41) is 2.36. The van der Waals surface area contributed by atoms with Gasteiger partial charge in [0, 0.05) is 5.02 Å². The third-order valence-electron chi connectivity index (χ3n) is 3.12. The molecule has 0 spiro atoms. The highest BCUT2D eigenvalue weighted by molar-refractivity contribution is 7.91. The van der Waals surface area contributed by atoms with Crippen LogP contribution in [0.1, 0.15) is 20.7 Å². The second-order valence-corrected chi connectivity index (χ2v) is 6.78. The van der Waals surface area contributed by atoms with E-state index in [1.54, 1.807) is 6.07 Å². The fraction of sp³-hybridized carbons (Fsp3) is 0. The number of imide groups is 1. The minimum Gasteiger partial charge on any atom is -0.288 e. The lowest BCUT2D eigenvalue weighted by Gasteiger charge is -2.08. The second kappa shape index (κ2) is 4.68. The van der Waals surface area contributed by atoms with E-state index in [-0.39, 0.29) is 25.9 Å². The number of amides is 2. The van der Waals surface area contributed by atoms with Crippen LogP contribution in [-0.2, 0) is 9.84 Å². The zero-order valence-corrected chi connectivity index (χ0v) is 12.0. The number of hydrogen-bond donors (Lipinski definition) is 1. The van der Waals surface area contributed by atoms with Gasteiger partial charge in [0.1, 0.15) is 0 Å². The minimum atomic E-state index is -3.94. The molecule has 0 atom stereocenters. The van der Waals surface area contributed by atoms with E-state index in [1.807, 2.05) is 0 Å². The number of rotatable bonds is 2. The first kappa shape index (κ1) is 13.8. The van der Waals surface area contributed by atoms with Crippen molar-refractivity contribution in [3.8, 4) is 0 Å². The summed E-state index contributed by atoms with van der Waals surface area (Å²) < 4.78 is 25.3. The fourth-order valence-corrected chi connectivity index (χ4v) is 3.95. The Hall–Kier alpha value is -2.18. The third kappa shape index (κ3) is 2.12. The van der Waals surface area contributed by atoms with Crippen LogP contribution in [0, 0.1) is 0 Å². The molecule has 0 saturated carbocycles. The maximum Gasteiger partial charge on any atom is 0.260 e. The second-order valence-electron chi connectivity index (χ2n) is 4.42. The molecular weight excluding hydrogens is 314 g/mol. The quantitative estimate of drug-likeness (QED) is 0.858. The maximum atomic E-state index is 12.6. The SMILES string of the molecule is O=C1NC(=O)c2c1cccc2S(=O)(=O)c1cccc(Cl)c1. The van der Waals surface area contributed by atoms with Crippen LogP contribution in [0.15, 0.2) is 52.3 Å². The van der Waals surface area contributed by atoms with Crippen LogP contribution in [0.5, 0.6) is 0 Å². The summed E-state index contributed by atoms with van der Waals surface area (Å²) in [6, 6.07) is 9.87. The average Bonchev–Trinajstić information content (AvgIpc) is 2.74. The summed E-state index contributed by atoms with van der Waals surface area (Å²) in [7, 11) is -3.94. The molecular formula is C14H8ClNO4S. The van der Waals surface area contributed by atoms with Gasteiger partial charge in [-0.3, -0.25) is 14.9 Å². The lowest BCUT2D eigenvalue weighted by molar-refractivity contribution is 0.0878. The number of fused-ring (bicyclic) bond motifs is 1. The molecule has 7 heteroatoms. The molecule has 3 rings (SSSR count). The van der Waals surface area contributed by atoms with Gasteiger partial charge < -0.3 is 0 Å². The zero-order chi connectivity index (χ0) is 15.2. The van der Waals surface area contributed by atoms with Crippen molar-refractivity contribution in [1.82, 2.24) is 5.32 Å². The number of carbonyl (C=O) groups excluding carboxylic acids is 2. The Bertz CT molecular complexity index is 890. The van der Waals surface area contributed by atoms with Gasteiger partial charge in [-0.2, -0.15) is 0 Å². The lowest BCUT2D eigenvalue weighted by Crippen LogP contribution is -2.20. The number of sulfone groups is 1. The molecule has 0 unspecified atom stereocenters. The molecule has 0 aromatic heterocycles. The summed E-state index contributed by atoms with van der Waals surface area (Å²) in [5.74, 6) is -1.31. The average molecular weight is 322 g/mol. The van der Waals surface area contributed by atoms with Gasteiger partial charge >= 0.3 is 0 Å². The summed E-state index contributed by atoms with van der Waals surface area (Å²) in [5.41, 5.74) is -0.0643. The van der Waals surface area contributed by atoms with E-state index < -0.39 is 21.7 Å². The molecule has 0 bridgehead atoms. The van der Waals surface area contributed by atoms with Gasteiger partial charge in [0.2, 0.25) is 9.84 Å². The molecule has 5 nitrogen and oxygen atoms in total. The fourth-order valence-electron chi connectivity index (χ4n) is 2.17. The first-order valence-corrected chi connectivity index (χ1v) is 7.77. The van der Waals surface area contributed by atoms with Crippen LogP contribution in [-0.4, -0.2) is 20.2 Å². The summed E-state index contributed by atoms with van der Waals surface area (Å²) >= 11 is 5.81. The molecule has 2 amide bonds. The molecule has 1 aliphatic heterocycles. The van der Waals surface area contributed by atoms with Crippen molar-refractivity contribution in [3.63, 3.8) is 0 Å². The molecule has 0 fully saturated rings. The van der Waals surface area contributed by atoms with Crippen LogP contribution < -0.4 is 5.32 Å². The zero-order valence-electron chi connectivity index (χ0n) is 10.5. The molecule has 21 heavy (non-hydrogen) atoms. The van der Waals surface area contributed by atoms with E-state index in [2.05, 4.69) is 5.32 Å². The highest BCUT2D eigenvalue weighted by Gasteiger charge is 2.34. The van der Waals surface area contributed by atoms with E-state index in [4.69, 9.17) is 11.6 Å². The maximum absolute atomic E-state index is 12.6. The third-order valence-corrected chi connectivity index (χ3v) is 5.15. The van der Waals surface area contributed by atoms with E-state index in [0.29, 0.717) is 0 Å². The Labute approximate surface area is 125 Å². The number of halogens is 1. The molecule has 0 aliphatic carbocycles. The van der Waals surface area contributed by atoms with Gasteiger partial charge in [0.15, 0.2) is 0 Å². The van der Waals surface area contributed by atoms with Gasteiger partial charge in [-0.05, 0) is 30.3 Å². The van der Waals surface area contributed by atoms with Crippen molar-refractivity contribution in [1.29, 1.82) is 0 Å². The Morgan fingerprint density at radius 2 is 1.67 bits per heavy atom. The predicted octanol–water partition coefficient (Wildman–Crippen LogP) is 2.06. The van der Waals surface area contributed by atoms with Crippen LogP contribution in [0.4, 0.5) is 0 Å². The van der Waals surface area contributed by atoms with E-state index in [1.165, 1.54) is 36.4 Å². The van der Waals surface area contributed by atoms with Gasteiger partial charge in [0.25, 0.3) is 11.8 Å². The predicted molar refractivity (Wildman–Crippen MR) is 75.1 cm³/mol. The van der Waals surface area contributed by atoms with E-state index in [9.17, 15) is 18.0 Å². The van der Waals surface area contributed by atoms with Crippen LogP contribution in [0.2, 0.25) is 5.02 Å². The molecule has 0 radical (unpaired) electrons. The van der Waals surface area contributed by atoms with Crippen LogP contribution in [0.3, 0.4) is 0 Å². The Morgan fingerprint density at radius 1 is 0.952 bits per heavy atom. The summed E-state index contributed by atoms with van der Waals surface area (Å²) in [6.45, 7) is 0. The number of benzene rings is 2. The number of carbonyl (C=O) groups is 2. The molecule has 0 saturated heterocycles. The lowest BCUT2D eigenvalue weighted by atomic mass is 10.1. The molecule has 1 N–H and O–H groups in total. The van der Waals surface area contributed by atoms with Crippen molar-refractivity contribution in [3.05, 3.63) is 58.6 Å². The van der Waals surface area contributed by atoms with Crippen LogP contribution in [0.25, 0.3) is 0 Å². The van der Waals surface area contributed by atoms with Crippen molar-refractivity contribution < 1.29 is 18.0 Å². The van der Waals surface area contributed by atoms with Gasteiger partial charge in [-0.15, -0.1) is 0 Å². The van der Waals surface area contributed by atoms with E-state index in [0.717, 1.165) is 0 Å². The molecule has 2 aromatic carbocycles. The Morgan fingerprint density at radius 3 is 2.38 bits per heavy atom. The molecule has 1 heterocycles. The standard InChI is InChI=1S/C14H8ClNO4S/c15-8-3-1-4-9(7-8)21(19,20)11-6-2-5-10-12(11)14(18)16-13(10)17/h1-7H,(H,16,17,18). The van der Waals surface area contributed by atoms with Crippen molar-refractivity contribution in [2.75, 3.05) is 0 Å². The Kier molecular flexibility index (Phi) is 3.07. The largest absolute Gasteiger partial charge is 0.288 e. The van der Waals surface area contributed by atoms with Crippen LogP contribution >= 0.6 is 11.6 Å². The van der Waals surface area contributed by atoms with Crippen molar-refractivity contribution in [2.45, 2.75) is 9.79 Å². The normalized spacial score (nSPS) is 14.0. The van der Waals surface area contributed by atoms with Crippen molar-refractivity contribution in [2.24, 2.45) is 0 Å². The first-order valence-electron chi connectivity index (χ1n) is 5.90. The Balaban J connectivity index is 2.27. The smallest absolute Gasteiger partial charge is 0.260 e. The van der Waals surface area contributed by atoms with Gasteiger partial charge in [0.05, 0.1) is 20.9 Å². The monoisotopic (exact) mass is 321 g/mol. The number of hydrogen-bond acceptors (Lipinski definition) is 4. The van der Waals surface area contributed by atoms with Crippen molar-refractivity contribution >= 4 is 33.3 Å². The number of nitrogens with one attached hydrogen (secondary N) is 1. The van der Waals surface area contributed by atoms with Gasteiger partial charge in [-0.25, -0.2) is 8.42 Å². The topological polar surface area (TPSA) is 80.3 Å². The minimum absolute atomic E-state index is 0.0319. The van der Waals surface area contributed by atoms with Gasteiger partial charge in [-0.1, -0.05) is 23.7 Å².